The first-order chi connectivity index (χ1) is 10.5. The summed E-state index contributed by atoms with van der Waals surface area (Å²) in [4.78, 5) is 56.5. The largest absolute Gasteiger partial charge is 0.442 e. The molecule has 11 heteroatoms. The van der Waals surface area contributed by atoms with Gasteiger partial charge in [-0.3, -0.25) is 20.2 Å². The van der Waals surface area contributed by atoms with Crippen LogP contribution in [0, 0.1) is 0 Å². The molecule has 0 aromatic carbocycles. The monoisotopic (exact) mass is 330 g/mol. The van der Waals surface area contributed by atoms with Gasteiger partial charge in [-0.2, -0.15) is 5.48 Å². The molecule has 128 valence electrons. The van der Waals surface area contributed by atoms with Crippen molar-refractivity contribution in [2.75, 3.05) is 7.11 Å². The van der Waals surface area contributed by atoms with Crippen LogP contribution in [0.5, 0.6) is 0 Å². The highest BCUT2D eigenvalue weighted by molar-refractivity contribution is 6.34. The van der Waals surface area contributed by atoms with Crippen LogP contribution in [0.4, 0.5) is 9.59 Å². The van der Waals surface area contributed by atoms with Crippen LogP contribution in [0.1, 0.15) is 27.7 Å². The van der Waals surface area contributed by atoms with Crippen molar-refractivity contribution in [2.45, 2.75) is 38.9 Å². The molecule has 23 heavy (non-hydrogen) atoms. The van der Waals surface area contributed by atoms with Crippen molar-refractivity contribution in [3.05, 3.63) is 0 Å². The molecule has 0 atom stereocenters. The number of hydrogen-bond donors (Lipinski definition) is 3. The maximum Gasteiger partial charge on any atom is 0.431 e. The Morgan fingerprint density at radius 1 is 1.17 bits per heavy atom. The minimum atomic E-state index is -2.42. The van der Waals surface area contributed by atoms with Crippen molar-refractivity contribution in [2.24, 2.45) is 5.16 Å². The second kappa shape index (κ2) is 6.60. The van der Waals surface area contributed by atoms with Crippen LogP contribution in [-0.4, -0.2) is 48.0 Å². The van der Waals surface area contributed by atoms with E-state index in [-0.39, 0.29) is 5.71 Å². The van der Waals surface area contributed by atoms with E-state index < -0.39 is 35.1 Å². The number of carbonyl (C=O) groups is 4. The Bertz CT molecular complexity index is 544. The van der Waals surface area contributed by atoms with E-state index in [9.17, 15) is 19.2 Å². The third kappa shape index (κ3) is 4.16. The van der Waals surface area contributed by atoms with Gasteiger partial charge in [0.2, 0.25) is 0 Å². The molecule has 0 radical (unpaired) electrons. The molecule has 1 saturated heterocycles. The fourth-order valence-electron chi connectivity index (χ4n) is 1.63. The molecule has 0 saturated carbocycles. The molecule has 0 bridgehead atoms. The Kier molecular flexibility index (Phi) is 5.27. The van der Waals surface area contributed by atoms with E-state index in [4.69, 9.17) is 9.57 Å². The summed E-state index contributed by atoms with van der Waals surface area (Å²) in [6.45, 7) is 6.07. The Hall–Kier alpha value is -2.69. The van der Waals surface area contributed by atoms with E-state index in [1.807, 2.05) is 16.1 Å². The minimum absolute atomic E-state index is 0.251. The lowest BCUT2D eigenvalue weighted by Crippen LogP contribution is -2.72. The van der Waals surface area contributed by atoms with Crippen LogP contribution in [0.25, 0.3) is 0 Å². The summed E-state index contributed by atoms with van der Waals surface area (Å²) in [5.74, 6) is -2.28. The molecule has 1 aliphatic rings. The molecular weight excluding hydrogens is 312 g/mol. The van der Waals surface area contributed by atoms with Gasteiger partial charge in [-0.05, 0) is 27.7 Å². The van der Waals surface area contributed by atoms with Crippen LogP contribution in [-0.2, 0) is 24.0 Å². The molecule has 0 aromatic rings. The van der Waals surface area contributed by atoms with Crippen molar-refractivity contribution in [3.63, 3.8) is 0 Å². The van der Waals surface area contributed by atoms with Gasteiger partial charge in [0, 0.05) is 0 Å². The summed E-state index contributed by atoms with van der Waals surface area (Å²) in [6, 6.07) is -1.03. The Morgan fingerprint density at radius 2 is 1.70 bits per heavy atom. The lowest BCUT2D eigenvalue weighted by molar-refractivity contribution is -0.159. The molecule has 0 unspecified atom stereocenters. The fraction of sp³-hybridized carbons (Fsp3) is 0.583. The van der Waals surface area contributed by atoms with Gasteiger partial charge in [-0.15, -0.1) is 0 Å². The predicted molar refractivity (Wildman–Crippen MR) is 75.0 cm³/mol. The average molecular weight is 330 g/mol. The van der Waals surface area contributed by atoms with Gasteiger partial charge in [0.15, 0.2) is 0 Å². The van der Waals surface area contributed by atoms with Gasteiger partial charge in [0.1, 0.15) is 18.4 Å². The summed E-state index contributed by atoms with van der Waals surface area (Å²) >= 11 is 0. The van der Waals surface area contributed by atoms with Crippen LogP contribution < -0.4 is 16.1 Å². The number of urea groups is 1. The standard InChI is InChI=1S/C12H18N4O7/c1-6(15-21-5)12(7(17)13-9(19)14-8(12)18)23-16-10(20)22-11(2,3)4/h1-5H3,(H,16,20)(H2,13,14,17,18,19)/b15-6+. The normalized spacial score (nSPS) is 18.0. The van der Waals surface area contributed by atoms with E-state index in [1.54, 1.807) is 20.8 Å². The zero-order valence-electron chi connectivity index (χ0n) is 13.3. The number of amides is 5. The zero-order chi connectivity index (χ0) is 17.8. The first kappa shape index (κ1) is 18.4. The van der Waals surface area contributed by atoms with Crippen molar-refractivity contribution in [1.29, 1.82) is 0 Å². The summed E-state index contributed by atoms with van der Waals surface area (Å²) in [6.07, 6.45) is -1.04. The third-order valence-electron chi connectivity index (χ3n) is 2.52. The Labute approximate surface area is 131 Å². The number of imide groups is 2. The second-order valence-corrected chi connectivity index (χ2v) is 5.48. The van der Waals surface area contributed by atoms with Crippen molar-refractivity contribution in [1.82, 2.24) is 16.1 Å². The number of oxime groups is 1. The molecule has 0 aromatic heterocycles. The average Bonchev–Trinajstić information content (AvgIpc) is 2.36. The maximum absolute atomic E-state index is 12.1. The third-order valence-corrected chi connectivity index (χ3v) is 2.52. The van der Waals surface area contributed by atoms with Crippen molar-refractivity contribution < 1.29 is 33.6 Å². The van der Waals surface area contributed by atoms with Crippen molar-refractivity contribution in [3.8, 4) is 0 Å². The van der Waals surface area contributed by atoms with Gasteiger partial charge >= 0.3 is 12.1 Å². The highest BCUT2D eigenvalue weighted by Gasteiger charge is 2.56. The van der Waals surface area contributed by atoms with Crippen LogP contribution in [0.2, 0.25) is 0 Å². The van der Waals surface area contributed by atoms with E-state index in [0.29, 0.717) is 0 Å². The predicted octanol–water partition coefficient (Wildman–Crippen LogP) is -0.430. The first-order valence-corrected chi connectivity index (χ1v) is 6.45. The van der Waals surface area contributed by atoms with Crippen LogP contribution in [0.3, 0.4) is 0 Å². The zero-order valence-corrected chi connectivity index (χ0v) is 13.3. The Morgan fingerprint density at radius 3 is 2.13 bits per heavy atom. The van der Waals surface area contributed by atoms with E-state index >= 15 is 0 Å². The molecule has 1 heterocycles. The second-order valence-electron chi connectivity index (χ2n) is 5.48. The molecule has 0 spiro atoms. The summed E-state index contributed by atoms with van der Waals surface area (Å²) in [5.41, 5.74) is -1.66. The summed E-state index contributed by atoms with van der Waals surface area (Å²) in [7, 11) is 1.18. The summed E-state index contributed by atoms with van der Waals surface area (Å²) in [5, 5.41) is 7.16. The SMILES string of the molecule is CO/N=C(\C)C1(ONC(=O)OC(C)(C)C)C(=O)NC(=O)NC1=O. The number of nitrogens with zero attached hydrogens (tertiary/aromatic N) is 1. The minimum Gasteiger partial charge on any atom is -0.442 e. The number of hydroxylamine groups is 1. The number of ether oxygens (including phenoxy) is 1. The number of hydrogen-bond acceptors (Lipinski definition) is 8. The van der Waals surface area contributed by atoms with Crippen LogP contribution in [0.15, 0.2) is 5.16 Å². The molecule has 1 aliphatic heterocycles. The first-order valence-electron chi connectivity index (χ1n) is 6.45. The molecule has 1 fully saturated rings. The van der Waals surface area contributed by atoms with Crippen molar-refractivity contribution >= 4 is 29.7 Å². The van der Waals surface area contributed by atoms with Gasteiger partial charge < -0.3 is 9.57 Å². The van der Waals surface area contributed by atoms with Gasteiger partial charge in [0.05, 0.1) is 0 Å². The highest BCUT2D eigenvalue weighted by Crippen LogP contribution is 2.18. The lowest BCUT2D eigenvalue weighted by atomic mass is 9.94. The molecular formula is C12H18N4O7. The lowest BCUT2D eigenvalue weighted by Gasteiger charge is -2.32. The van der Waals surface area contributed by atoms with Gasteiger partial charge in [-0.1, -0.05) is 5.16 Å². The number of barbiturate groups is 1. The van der Waals surface area contributed by atoms with E-state index in [2.05, 4.69) is 9.99 Å². The number of rotatable bonds is 4. The number of carbonyl (C=O) groups excluding carboxylic acids is 4. The highest BCUT2D eigenvalue weighted by atomic mass is 16.7. The smallest absolute Gasteiger partial charge is 0.431 e. The van der Waals surface area contributed by atoms with Crippen LogP contribution >= 0.6 is 0 Å². The Balaban J connectivity index is 3.05. The quantitative estimate of drug-likeness (QED) is 0.360. The maximum atomic E-state index is 12.1. The van der Waals surface area contributed by atoms with Gasteiger partial charge in [-0.25, -0.2) is 14.4 Å². The molecule has 5 amide bonds. The fourth-order valence-corrected chi connectivity index (χ4v) is 1.63. The molecule has 0 aliphatic carbocycles. The summed E-state index contributed by atoms with van der Waals surface area (Å²) < 4.78 is 4.93. The molecule has 11 nitrogen and oxygen atoms in total. The molecule has 3 N–H and O–H groups in total. The van der Waals surface area contributed by atoms with E-state index in [0.717, 1.165) is 0 Å². The topological polar surface area (TPSA) is 144 Å². The van der Waals surface area contributed by atoms with Gasteiger partial charge in [0.25, 0.3) is 17.4 Å². The van der Waals surface area contributed by atoms with E-state index in [1.165, 1.54) is 14.0 Å². The number of nitrogens with one attached hydrogen (secondary N) is 3. The molecule has 1 rings (SSSR count).